The van der Waals surface area contributed by atoms with Crippen LogP contribution in [0, 0.1) is 12.8 Å². The molecule has 2 aromatic heterocycles. The number of imidazole rings is 1. The van der Waals surface area contributed by atoms with Crippen molar-refractivity contribution in [2.24, 2.45) is 5.92 Å². The lowest BCUT2D eigenvalue weighted by Crippen LogP contribution is -2.63. The van der Waals surface area contributed by atoms with E-state index in [1.807, 2.05) is 63.3 Å². The molecule has 0 spiro atoms. The smallest absolute Gasteiger partial charge is 0.411 e. The van der Waals surface area contributed by atoms with Gasteiger partial charge in [0.1, 0.15) is 11.6 Å². The number of aryl methyl sites for hydroxylation is 3. The highest BCUT2D eigenvalue weighted by Gasteiger charge is 2.43. The van der Waals surface area contributed by atoms with Crippen molar-refractivity contribution in [2.75, 3.05) is 32.7 Å². The first-order valence-corrected chi connectivity index (χ1v) is 16.6. The highest BCUT2D eigenvalue weighted by molar-refractivity contribution is 6.30. The second-order valence-corrected chi connectivity index (χ2v) is 14.5. The van der Waals surface area contributed by atoms with Crippen LogP contribution in [0.1, 0.15) is 67.7 Å². The summed E-state index contributed by atoms with van der Waals surface area (Å²) in [5.74, 6) is 0.275. The quantitative estimate of drug-likeness (QED) is 0.347. The average Bonchev–Trinajstić information content (AvgIpc) is 3.33. The van der Waals surface area contributed by atoms with E-state index in [1.165, 1.54) is 0 Å². The number of fused-ring (bicyclic) bond motifs is 2. The highest BCUT2D eigenvalue weighted by atomic mass is 35.5. The van der Waals surface area contributed by atoms with Crippen molar-refractivity contribution in [3.63, 3.8) is 0 Å². The van der Waals surface area contributed by atoms with Gasteiger partial charge in [0.25, 0.3) is 0 Å². The fourth-order valence-corrected chi connectivity index (χ4v) is 7.44. The third kappa shape index (κ3) is 7.16. The van der Waals surface area contributed by atoms with Crippen LogP contribution in [0.3, 0.4) is 0 Å². The summed E-state index contributed by atoms with van der Waals surface area (Å²) in [4.78, 5) is 43.2. The standard InChI is InChI=1S/C34H42Cl2N6O3/c1-22-17-39(21-38-22)18-23-6-5-11-41(19-23)32(43)29-20-40(12-13-42(29)33(44)45-34(2,3)4)31-28-10-9-26(35)14-24(28)7-8-25-15-27(36)16-37-30(25)31/h9-10,14-17,21,23,29,31H,5-8,11-13,18-20H2,1-4H3/t23-,29+,31?/m0/s1. The molecular weight excluding hydrogens is 611 g/mol. The molecule has 3 aromatic rings. The second-order valence-electron chi connectivity index (χ2n) is 13.6. The normalized spacial score (nSPS) is 22.4. The molecule has 1 aromatic carbocycles. The highest BCUT2D eigenvalue weighted by Crippen LogP contribution is 2.39. The van der Waals surface area contributed by atoms with E-state index in [-0.39, 0.29) is 11.9 Å². The van der Waals surface area contributed by atoms with E-state index < -0.39 is 17.7 Å². The molecule has 240 valence electrons. The third-order valence-corrected chi connectivity index (χ3v) is 9.48. The summed E-state index contributed by atoms with van der Waals surface area (Å²) in [6.07, 6.45) is 8.70. The third-order valence-electron chi connectivity index (χ3n) is 9.04. The fraction of sp³-hybridized carbons (Fsp3) is 0.529. The Morgan fingerprint density at radius 1 is 1.00 bits per heavy atom. The Hall–Kier alpha value is -3.14. The molecule has 9 nitrogen and oxygen atoms in total. The van der Waals surface area contributed by atoms with Gasteiger partial charge in [-0.05, 0) is 94.2 Å². The summed E-state index contributed by atoms with van der Waals surface area (Å²) < 4.78 is 7.94. The van der Waals surface area contributed by atoms with Crippen LogP contribution < -0.4 is 0 Å². The van der Waals surface area contributed by atoms with E-state index in [2.05, 4.69) is 20.5 Å². The van der Waals surface area contributed by atoms with Crippen molar-refractivity contribution >= 4 is 35.2 Å². The summed E-state index contributed by atoms with van der Waals surface area (Å²) in [5, 5.41) is 1.29. The first kappa shape index (κ1) is 31.8. The molecule has 0 bridgehead atoms. The Kier molecular flexibility index (Phi) is 9.14. The molecule has 0 N–H and O–H groups in total. The molecule has 6 rings (SSSR count). The van der Waals surface area contributed by atoms with E-state index >= 15 is 0 Å². The minimum atomic E-state index is -0.697. The molecule has 0 radical (unpaired) electrons. The predicted octanol–water partition coefficient (Wildman–Crippen LogP) is 5.94. The van der Waals surface area contributed by atoms with E-state index in [0.29, 0.717) is 48.7 Å². The number of carbonyl (C=O) groups excluding carboxylic acids is 2. The summed E-state index contributed by atoms with van der Waals surface area (Å²) in [6.45, 7) is 10.9. The van der Waals surface area contributed by atoms with Crippen LogP contribution in [0.5, 0.6) is 0 Å². The number of carbonyl (C=O) groups is 2. The zero-order chi connectivity index (χ0) is 31.9. The van der Waals surface area contributed by atoms with Gasteiger partial charge in [0.2, 0.25) is 5.91 Å². The lowest BCUT2D eigenvalue weighted by atomic mass is 9.94. The zero-order valence-corrected chi connectivity index (χ0v) is 28.0. The topological polar surface area (TPSA) is 83.8 Å². The van der Waals surface area contributed by atoms with Crippen LogP contribution in [0.15, 0.2) is 43.0 Å². The molecule has 11 heteroatoms. The Labute approximate surface area is 275 Å². The van der Waals surface area contributed by atoms with Crippen LogP contribution in [0.2, 0.25) is 10.0 Å². The summed E-state index contributed by atoms with van der Waals surface area (Å²) in [7, 11) is 0. The van der Waals surface area contributed by atoms with Gasteiger partial charge in [0.15, 0.2) is 0 Å². The van der Waals surface area contributed by atoms with E-state index in [4.69, 9.17) is 32.9 Å². The van der Waals surface area contributed by atoms with Crippen molar-refractivity contribution in [1.29, 1.82) is 0 Å². The average molecular weight is 654 g/mol. The molecule has 2 fully saturated rings. The second kappa shape index (κ2) is 12.9. The van der Waals surface area contributed by atoms with Crippen molar-refractivity contribution in [3.8, 4) is 0 Å². The van der Waals surface area contributed by atoms with E-state index in [1.54, 1.807) is 11.1 Å². The van der Waals surface area contributed by atoms with Crippen molar-refractivity contribution in [1.82, 2.24) is 29.2 Å². The van der Waals surface area contributed by atoms with Crippen LogP contribution in [0.4, 0.5) is 4.79 Å². The molecule has 2 amide bonds. The molecule has 1 aliphatic carbocycles. The number of piperazine rings is 1. The van der Waals surface area contributed by atoms with Gasteiger partial charge in [-0.25, -0.2) is 9.78 Å². The molecule has 3 aliphatic rings. The van der Waals surface area contributed by atoms with Gasteiger partial charge < -0.3 is 14.2 Å². The van der Waals surface area contributed by atoms with Gasteiger partial charge in [0.05, 0.1) is 28.8 Å². The lowest BCUT2D eigenvalue weighted by molar-refractivity contribution is -0.141. The van der Waals surface area contributed by atoms with Gasteiger partial charge >= 0.3 is 6.09 Å². The first-order chi connectivity index (χ1) is 21.4. The number of likely N-dealkylation sites (tertiary alicyclic amines) is 1. The summed E-state index contributed by atoms with van der Waals surface area (Å²) >= 11 is 12.9. The number of aromatic nitrogens is 3. The molecule has 45 heavy (non-hydrogen) atoms. The minimum Gasteiger partial charge on any atom is -0.444 e. The minimum absolute atomic E-state index is 0.0358. The summed E-state index contributed by atoms with van der Waals surface area (Å²) in [6, 6.07) is 7.13. The molecule has 2 aliphatic heterocycles. The van der Waals surface area contributed by atoms with Crippen LogP contribution in [-0.2, 0) is 28.9 Å². The van der Waals surface area contributed by atoms with E-state index in [9.17, 15) is 9.59 Å². The van der Waals surface area contributed by atoms with E-state index in [0.717, 1.165) is 60.3 Å². The Morgan fingerprint density at radius 3 is 2.53 bits per heavy atom. The number of pyridine rings is 1. The Bertz CT molecular complexity index is 1520. The number of halogens is 2. The Balaban J connectivity index is 1.32. The fourth-order valence-electron chi connectivity index (χ4n) is 7.07. The maximum atomic E-state index is 14.5. The number of nitrogens with zero attached hydrogens (tertiary/aromatic N) is 6. The molecular formula is C34H42Cl2N6O3. The molecule has 4 heterocycles. The maximum absolute atomic E-state index is 14.5. The number of benzene rings is 1. The SMILES string of the molecule is Cc1cn(C[C@@H]2CCCN(C(=O)[C@H]3CN(C4c5ccc(Cl)cc5CCc5cc(Cl)cnc54)CCN3C(=O)OC(C)(C)C)C2)cn1. The molecule has 1 unspecified atom stereocenters. The largest absolute Gasteiger partial charge is 0.444 e. The first-order valence-electron chi connectivity index (χ1n) is 15.9. The van der Waals surface area contributed by atoms with Crippen molar-refractivity contribution in [2.45, 2.75) is 77.6 Å². The van der Waals surface area contributed by atoms with Gasteiger partial charge in [-0.1, -0.05) is 29.3 Å². The number of amides is 2. The number of hydrogen-bond donors (Lipinski definition) is 0. The number of piperidine rings is 1. The van der Waals surface area contributed by atoms with Gasteiger partial charge in [-0.2, -0.15) is 0 Å². The monoisotopic (exact) mass is 652 g/mol. The van der Waals surface area contributed by atoms with Gasteiger partial charge in [-0.3, -0.25) is 19.6 Å². The molecule has 0 saturated carbocycles. The van der Waals surface area contributed by atoms with Crippen LogP contribution in [-0.4, -0.2) is 85.6 Å². The van der Waals surface area contributed by atoms with Gasteiger partial charge in [-0.15, -0.1) is 0 Å². The van der Waals surface area contributed by atoms with Crippen LogP contribution >= 0.6 is 23.2 Å². The van der Waals surface area contributed by atoms with Crippen molar-refractivity contribution in [3.05, 3.63) is 81.1 Å². The lowest BCUT2D eigenvalue weighted by Gasteiger charge is -2.46. The number of hydrogen-bond acceptors (Lipinski definition) is 6. The van der Waals surface area contributed by atoms with Crippen LogP contribution in [0.25, 0.3) is 0 Å². The number of rotatable bonds is 4. The maximum Gasteiger partial charge on any atom is 0.411 e. The molecule has 2 saturated heterocycles. The predicted molar refractivity (Wildman–Crippen MR) is 175 cm³/mol. The Morgan fingerprint density at radius 2 is 1.78 bits per heavy atom. The van der Waals surface area contributed by atoms with Gasteiger partial charge in [0, 0.05) is 56.7 Å². The molecule has 3 atom stereocenters. The van der Waals surface area contributed by atoms with Crippen molar-refractivity contribution < 1.29 is 14.3 Å². The summed E-state index contributed by atoms with van der Waals surface area (Å²) in [5.41, 5.74) is 4.61. The zero-order valence-electron chi connectivity index (χ0n) is 26.5. The number of ether oxygens (including phenoxy) is 1.